The zero-order valence-corrected chi connectivity index (χ0v) is 12.9. The van der Waals surface area contributed by atoms with Gasteiger partial charge in [-0.15, -0.1) is 13.2 Å². The highest BCUT2D eigenvalue weighted by molar-refractivity contribution is 6.34. The van der Waals surface area contributed by atoms with Crippen molar-refractivity contribution in [3.8, 4) is 5.75 Å². The molecule has 3 rings (SSSR count). The van der Waals surface area contributed by atoms with E-state index in [1.54, 1.807) is 25.4 Å². The minimum absolute atomic E-state index is 0.159. The Morgan fingerprint density at radius 3 is 2.24 bits per heavy atom. The monoisotopic (exact) mass is 348 g/mol. The maximum Gasteiger partial charge on any atom is 0.573 e. The molecule has 0 bridgehead atoms. The number of benzene rings is 2. The number of ether oxygens (including phenoxy) is 1. The van der Waals surface area contributed by atoms with Crippen LogP contribution in [-0.4, -0.2) is 31.4 Å². The number of rotatable bonds is 3. The molecule has 128 valence electrons. The molecule has 2 aromatic carbocycles. The second-order valence-corrected chi connectivity index (χ2v) is 5.18. The molecular weight excluding hydrogens is 337 g/mol. The zero-order chi connectivity index (χ0) is 18.2. The topological polar surface area (TPSA) is 59.0 Å². The van der Waals surface area contributed by atoms with Gasteiger partial charge in [-0.25, -0.2) is 4.90 Å². The largest absolute Gasteiger partial charge is 0.573 e. The van der Waals surface area contributed by atoms with E-state index in [1.807, 2.05) is 0 Å². The van der Waals surface area contributed by atoms with Gasteiger partial charge in [0.1, 0.15) is 5.75 Å². The van der Waals surface area contributed by atoms with Gasteiger partial charge in [0.2, 0.25) is 0 Å². The fraction of sp³-hybridized carbons (Fsp3) is 0.118. The van der Waals surface area contributed by atoms with Crippen LogP contribution in [0.1, 0.15) is 26.3 Å². The van der Waals surface area contributed by atoms with Gasteiger partial charge in [-0.2, -0.15) is 0 Å². The first-order valence-electron chi connectivity index (χ1n) is 7.11. The lowest BCUT2D eigenvalue weighted by Crippen LogP contribution is -2.29. The summed E-state index contributed by atoms with van der Waals surface area (Å²) in [7, 11) is 1.58. The summed E-state index contributed by atoms with van der Waals surface area (Å²) in [4.78, 5) is 29.7. The second-order valence-electron chi connectivity index (χ2n) is 5.18. The molecular formula is C17H11F3N2O3. The highest BCUT2D eigenvalue weighted by atomic mass is 19.4. The van der Waals surface area contributed by atoms with Gasteiger partial charge >= 0.3 is 6.36 Å². The van der Waals surface area contributed by atoms with Gasteiger partial charge < -0.3 is 4.74 Å². The molecule has 25 heavy (non-hydrogen) atoms. The molecule has 5 nitrogen and oxygen atoms in total. The molecule has 0 saturated carbocycles. The number of aliphatic imine (C=N–C) groups is 1. The maximum atomic E-state index is 12.5. The van der Waals surface area contributed by atoms with Gasteiger partial charge in [0, 0.05) is 13.3 Å². The number of nitrogens with zero attached hydrogens (tertiary/aromatic N) is 2. The first-order chi connectivity index (χ1) is 11.8. The van der Waals surface area contributed by atoms with Crippen molar-refractivity contribution in [3.63, 3.8) is 0 Å². The van der Waals surface area contributed by atoms with Crippen LogP contribution in [0.25, 0.3) is 0 Å². The highest BCUT2D eigenvalue weighted by Crippen LogP contribution is 2.31. The first kappa shape index (κ1) is 16.7. The van der Waals surface area contributed by atoms with Crippen LogP contribution in [0.2, 0.25) is 0 Å². The average Bonchev–Trinajstić information content (AvgIpc) is 2.78. The quantitative estimate of drug-likeness (QED) is 0.631. The molecule has 0 aliphatic carbocycles. The average molecular weight is 348 g/mol. The molecule has 1 aliphatic rings. The Labute approximate surface area is 140 Å². The Bertz CT molecular complexity index is 874. The fourth-order valence-electron chi connectivity index (χ4n) is 2.52. The molecule has 0 radical (unpaired) electrons. The molecule has 1 aliphatic heterocycles. The molecule has 0 saturated heterocycles. The van der Waals surface area contributed by atoms with Crippen LogP contribution < -0.4 is 9.64 Å². The summed E-state index contributed by atoms with van der Waals surface area (Å²) in [6.07, 6.45) is -3.27. The lowest BCUT2D eigenvalue weighted by Gasteiger charge is -2.15. The van der Waals surface area contributed by atoms with Crippen molar-refractivity contribution in [2.24, 2.45) is 4.99 Å². The van der Waals surface area contributed by atoms with E-state index in [4.69, 9.17) is 0 Å². The van der Waals surface area contributed by atoms with Crippen molar-refractivity contribution < 1.29 is 27.5 Å². The second kappa shape index (κ2) is 6.04. The van der Waals surface area contributed by atoms with Crippen LogP contribution in [0.15, 0.2) is 47.5 Å². The van der Waals surface area contributed by atoms with E-state index >= 15 is 0 Å². The van der Waals surface area contributed by atoms with Crippen molar-refractivity contribution in [1.29, 1.82) is 0 Å². The van der Waals surface area contributed by atoms with Crippen molar-refractivity contribution in [2.75, 3.05) is 11.9 Å². The number of anilines is 1. The maximum absolute atomic E-state index is 12.5. The predicted molar refractivity (Wildman–Crippen MR) is 84.2 cm³/mol. The van der Waals surface area contributed by atoms with Crippen LogP contribution in [0.3, 0.4) is 0 Å². The third-order valence-electron chi connectivity index (χ3n) is 3.52. The molecule has 8 heteroatoms. The summed E-state index contributed by atoms with van der Waals surface area (Å²) in [6, 6.07) is 9.25. The van der Waals surface area contributed by atoms with E-state index in [0.717, 1.165) is 17.0 Å². The van der Waals surface area contributed by atoms with E-state index in [2.05, 4.69) is 9.73 Å². The van der Waals surface area contributed by atoms with Crippen molar-refractivity contribution >= 4 is 23.7 Å². The Morgan fingerprint density at radius 1 is 1.00 bits per heavy atom. The number of hydrogen-bond donors (Lipinski definition) is 0. The number of hydrogen-bond acceptors (Lipinski definition) is 4. The zero-order valence-electron chi connectivity index (χ0n) is 12.9. The van der Waals surface area contributed by atoms with Crippen molar-refractivity contribution in [1.82, 2.24) is 0 Å². The summed E-state index contributed by atoms with van der Waals surface area (Å²) >= 11 is 0. The first-order valence-corrected chi connectivity index (χ1v) is 7.11. The van der Waals surface area contributed by atoms with E-state index in [0.29, 0.717) is 5.56 Å². The summed E-state index contributed by atoms with van der Waals surface area (Å²) in [5.41, 5.74) is 1.27. The fourth-order valence-corrected chi connectivity index (χ4v) is 2.52. The van der Waals surface area contributed by atoms with Crippen LogP contribution in [-0.2, 0) is 0 Å². The third-order valence-corrected chi connectivity index (χ3v) is 3.52. The molecule has 2 aromatic rings. The van der Waals surface area contributed by atoms with Gasteiger partial charge in [0.15, 0.2) is 0 Å². The molecule has 1 heterocycles. The number of amides is 2. The third kappa shape index (κ3) is 3.23. The number of imide groups is 1. The number of alkyl halides is 3. The summed E-state index contributed by atoms with van der Waals surface area (Å²) in [6.45, 7) is 0. The van der Waals surface area contributed by atoms with Gasteiger partial charge in [-0.1, -0.05) is 6.07 Å². The molecule has 0 fully saturated rings. The smallest absolute Gasteiger partial charge is 0.406 e. The van der Waals surface area contributed by atoms with Gasteiger partial charge in [-0.05, 0) is 42.0 Å². The van der Waals surface area contributed by atoms with E-state index in [9.17, 15) is 22.8 Å². The van der Waals surface area contributed by atoms with Gasteiger partial charge in [-0.3, -0.25) is 14.6 Å². The van der Waals surface area contributed by atoms with Gasteiger partial charge in [0.25, 0.3) is 11.8 Å². The van der Waals surface area contributed by atoms with Crippen LogP contribution in [0.4, 0.5) is 18.9 Å². The predicted octanol–water partition coefficient (Wildman–Crippen LogP) is 3.43. The Hall–Kier alpha value is -3.16. The number of carbonyl (C=O) groups is 2. The molecule has 2 amide bonds. The standard InChI is InChI=1S/C17H11F3N2O3/c1-21-9-10-2-7-13-14(8-10)16(24)22(15(13)23)11-3-5-12(6-4-11)25-17(18,19)20/h2-9H,1H3. The molecule has 0 atom stereocenters. The number of fused-ring (bicyclic) bond motifs is 1. The Kier molecular flexibility index (Phi) is 4.03. The highest BCUT2D eigenvalue weighted by Gasteiger charge is 2.37. The number of halogens is 3. The normalized spacial score (nSPS) is 14.3. The lowest BCUT2D eigenvalue weighted by molar-refractivity contribution is -0.274. The minimum Gasteiger partial charge on any atom is -0.406 e. The molecule has 0 N–H and O–H groups in total. The Morgan fingerprint density at radius 2 is 1.64 bits per heavy atom. The summed E-state index contributed by atoms with van der Waals surface area (Å²) < 4.78 is 40.4. The lowest BCUT2D eigenvalue weighted by atomic mass is 10.1. The van der Waals surface area contributed by atoms with E-state index in [1.165, 1.54) is 18.2 Å². The minimum atomic E-state index is -4.81. The summed E-state index contributed by atoms with van der Waals surface area (Å²) in [5.74, 6) is -1.52. The molecule has 0 aromatic heterocycles. The van der Waals surface area contributed by atoms with Crippen molar-refractivity contribution in [2.45, 2.75) is 6.36 Å². The van der Waals surface area contributed by atoms with Crippen molar-refractivity contribution in [3.05, 3.63) is 59.2 Å². The Balaban J connectivity index is 1.91. The van der Waals surface area contributed by atoms with Crippen LogP contribution in [0.5, 0.6) is 5.75 Å². The summed E-state index contributed by atoms with van der Waals surface area (Å²) in [5, 5.41) is 0. The van der Waals surface area contributed by atoms with Gasteiger partial charge in [0.05, 0.1) is 16.8 Å². The van der Waals surface area contributed by atoms with Crippen LogP contribution >= 0.6 is 0 Å². The number of carbonyl (C=O) groups excluding carboxylic acids is 2. The SMILES string of the molecule is CN=Cc1ccc2c(c1)C(=O)N(c1ccc(OC(F)(F)F)cc1)C2=O. The molecule has 0 unspecified atom stereocenters. The van der Waals surface area contributed by atoms with E-state index < -0.39 is 23.9 Å². The molecule has 0 spiro atoms. The van der Waals surface area contributed by atoms with Crippen LogP contribution in [0, 0.1) is 0 Å². The van der Waals surface area contributed by atoms with E-state index in [-0.39, 0.29) is 16.8 Å².